The van der Waals surface area contributed by atoms with Crippen LogP contribution >= 0.6 is 11.6 Å². The lowest BCUT2D eigenvalue weighted by Gasteiger charge is -2.22. The summed E-state index contributed by atoms with van der Waals surface area (Å²) in [7, 11) is 0.0199. The minimum atomic E-state index is -3.72. The summed E-state index contributed by atoms with van der Waals surface area (Å²) in [5.41, 5.74) is 0.0975. The number of sulfonamides is 1. The highest BCUT2D eigenvalue weighted by molar-refractivity contribution is 7.89. The van der Waals surface area contributed by atoms with Crippen molar-refractivity contribution in [2.24, 2.45) is 0 Å². The summed E-state index contributed by atoms with van der Waals surface area (Å²) in [4.78, 5) is 14.5. The van der Waals surface area contributed by atoms with Crippen molar-refractivity contribution in [3.8, 4) is 0 Å². The maximum absolute atomic E-state index is 12.6. The summed E-state index contributed by atoms with van der Waals surface area (Å²) in [6.07, 6.45) is 1.57. The van der Waals surface area contributed by atoms with Crippen molar-refractivity contribution in [3.05, 3.63) is 52.9 Å². The molecule has 0 aliphatic carbocycles. The molecule has 0 saturated carbocycles. The number of likely N-dealkylation sites (N-methyl/N-ethyl adjacent to an activating group) is 1. The third-order valence-corrected chi connectivity index (χ3v) is 5.82. The zero-order valence-corrected chi connectivity index (χ0v) is 17.3. The average Bonchev–Trinajstić information content (AvgIpc) is 3.07. The van der Waals surface area contributed by atoms with Gasteiger partial charge in [0, 0.05) is 12.6 Å². The molecular formula is C18H24ClN3O4S. The van der Waals surface area contributed by atoms with Crippen LogP contribution < -0.4 is 10.0 Å². The van der Waals surface area contributed by atoms with Crippen LogP contribution in [-0.4, -0.2) is 45.9 Å². The van der Waals surface area contributed by atoms with Gasteiger partial charge >= 0.3 is 0 Å². The highest BCUT2D eigenvalue weighted by Crippen LogP contribution is 2.22. The van der Waals surface area contributed by atoms with E-state index in [0.717, 1.165) is 0 Å². The zero-order chi connectivity index (χ0) is 20.2. The second-order valence-electron chi connectivity index (χ2n) is 6.62. The van der Waals surface area contributed by atoms with Gasteiger partial charge in [0.2, 0.25) is 10.0 Å². The molecule has 0 aliphatic rings. The number of halogens is 1. The van der Waals surface area contributed by atoms with Crippen LogP contribution in [0.25, 0.3) is 0 Å². The standard InChI is InChI=1S/C18H24ClN3O4S/c1-12(2)21-27(24,25)13-7-8-15(19)14(10-13)18(23)20-11-16(22(3)4)17-6-5-9-26-17/h5-10,12,16,21H,11H2,1-4H3,(H,20,23). The van der Waals surface area contributed by atoms with Crippen molar-refractivity contribution < 1.29 is 17.6 Å². The lowest BCUT2D eigenvalue weighted by molar-refractivity contribution is 0.0939. The quantitative estimate of drug-likeness (QED) is 0.694. The number of nitrogens with zero attached hydrogens (tertiary/aromatic N) is 1. The molecule has 0 saturated heterocycles. The van der Waals surface area contributed by atoms with Crippen LogP contribution in [0.3, 0.4) is 0 Å². The van der Waals surface area contributed by atoms with Gasteiger partial charge in [0.25, 0.3) is 5.91 Å². The van der Waals surface area contributed by atoms with Crippen LogP contribution in [0.2, 0.25) is 5.02 Å². The number of rotatable bonds is 8. The van der Waals surface area contributed by atoms with E-state index in [2.05, 4.69) is 10.0 Å². The molecule has 0 radical (unpaired) electrons. The average molecular weight is 414 g/mol. The van der Waals surface area contributed by atoms with Gasteiger partial charge in [-0.15, -0.1) is 0 Å². The monoisotopic (exact) mass is 413 g/mol. The Bertz CT molecular complexity index is 880. The number of carbonyl (C=O) groups excluding carboxylic acids is 1. The van der Waals surface area contributed by atoms with Crippen LogP contribution in [0.4, 0.5) is 0 Å². The molecule has 2 rings (SSSR count). The van der Waals surface area contributed by atoms with Crippen LogP contribution in [-0.2, 0) is 10.0 Å². The van der Waals surface area contributed by atoms with Crippen molar-refractivity contribution in [2.75, 3.05) is 20.6 Å². The van der Waals surface area contributed by atoms with E-state index in [4.69, 9.17) is 16.0 Å². The maximum atomic E-state index is 12.6. The number of benzene rings is 1. The molecule has 0 bridgehead atoms. The second-order valence-corrected chi connectivity index (χ2v) is 8.74. The van der Waals surface area contributed by atoms with E-state index in [0.29, 0.717) is 5.76 Å². The number of carbonyl (C=O) groups is 1. The first-order valence-corrected chi connectivity index (χ1v) is 10.3. The van der Waals surface area contributed by atoms with Crippen molar-refractivity contribution in [2.45, 2.75) is 30.8 Å². The zero-order valence-electron chi connectivity index (χ0n) is 15.7. The smallest absolute Gasteiger partial charge is 0.252 e. The first kappa shape index (κ1) is 21.4. The Morgan fingerprint density at radius 1 is 1.26 bits per heavy atom. The topological polar surface area (TPSA) is 91.6 Å². The van der Waals surface area contributed by atoms with Crippen LogP contribution in [0.5, 0.6) is 0 Å². The van der Waals surface area contributed by atoms with Crippen molar-refractivity contribution in [1.82, 2.24) is 14.9 Å². The van der Waals surface area contributed by atoms with Gasteiger partial charge in [-0.05, 0) is 58.3 Å². The summed E-state index contributed by atoms with van der Waals surface area (Å²) < 4.78 is 32.6. The van der Waals surface area contributed by atoms with Gasteiger partial charge in [-0.2, -0.15) is 0 Å². The summed E-state index contributed by atoms with van der Waals surface area (Å²) in [6, 6.07) is 7.22. The fourth-order valence-electron chi connectivity index (χ4n) is 2.53. The fourth-order valence-corrected chi connectivity index (χ4v) is 4.01. The van der Waals surface area contributed by atoms with E-state index >= 15 is 0 Å². The van der Waals surface area contributed by atoms with E-state index in [1.165, 1.54) is 18.2 Å². The van der Waals surface area contributed by atoms with E-state index in [-0.39, 0.29) is 34.1 Å². The Hall–Kier alpha value is -1.87. The number of furan rings is 1. The highest BCUT2D eigenvalue weighted by Gasteiger charge is 2.22. The largest absolute Gasteiger partial charge is 0.468 e. The molecule has 1 atom stereocenters. The van der Waals surface area contributed by atoms with Crippen molar-refractivity contribution >= 4 is 27.5 Å². The van der Waals surface area contributed by atoms with E-state index in [9.17, 15) is 13.2 Å². The molecular weight excluding hydrogens is 390 g/mol. The van der Waals surface area contributed by atoms with Crippen molar-refractivity contribution in [1.29, 1.82) is 0 Å². The normalized spacial score (nSPS) is 13.1. The first-order chi connectivity index (χ1) is 12.6. The summed E-state index contributed by atoms with van der Waals surface area (Å²) >= 11 is 6.12. The molecule has 1 unspecified atom stereocenters. The Kier molecular flexibility index (Phi) is 7.05. The summed E-state index contributed by atoms with van der Waals surface area (Å²) in [5.74, 6) is 0.254. The Morgan fingerprint density at radius 3 is 2.52 bits per heavy atom. The molecule has 2 N–H and O–H groups in total. The van der Waals surface area contributed by atoms with Gasteiger partial charge in [-0.25, -0.2) is 13.1 Å². The molecule has 0 fully saturated rings. The van der Waals surface area contributed by atoms with Crippen LogP contribution in [0, 0.1) is 0 Å². The molecule has 2 aromatic rings. The third kappa shape index (κ3) is 5.55. The molecule has 0 aliphatic heterocycles. The molecule has 148 valence electrons. The predicted octanol–water partition coefficient (Wildman–Crippen LogP) is 2.65. The number of nitrogens with one attached hydrogen (secondary N) is 2. The van der Waals surface area contributed by atoms with E-state index in [1.54, 1.807) is 26.2 Å². The predicted molar refractivity (Wildman–Crippen MR) is 104 cm³/mol. The van der Waals surface area contributed by atoms with Crippen LogP contribution in [0.1, 0.15) is 36.0 Å². The maximum Gasteiger partial charge on any atom is 0.252 e. The summed E-state index contributed by atoms with van der Waals surface area (Å²) in [5, 5.41) is 2.96. The van der Waals surface area contributed by atoms with Gasteiger partial charge in [0.15, 0.2) is 0 Å². The van der Waals surface area contributed by atoms with E-state index < -0.39 is 15.9 Å². The lowest BCUT2D eigenvalue weighted by atomic mass is 10.1. The lowest BCUT2D eigenvalue weighted by Crippen LogP contribution is -2.34. The molecule has 1 aromatic heterocycles. The fraction of sp³-hybridized carbons (Fsp3) is 0.389. The van der Waals surface area contributed by atoms with Gasteiger partial charge in [-0.3, -0.25) is 9.69 Å². The number of amides is 1. The number of hydrogen-bond acceptors (Lipinski definition) is 5. The third-order valence-electron chi connectivity index (χ3n) is 3.83. The minimum Gasteiger partial charge on any atom is -0.468 e. The second kappa shape index (κ2) is 8.88. The Labute approximate surface area is 164 Å². The summed E-state index contributed by atoms with van der Waals surface area (Å²) in [6.45, 7) is 3.71. The van der Waals surface area contributed by atoms with Gasteiger partial charge in [0.05, 0.1) is 27.8 Å². The molecule has 9 heteroatoms. The SMILES string of the molecule is CC(C)NS(=O)(=O)c1ccc(Cl)c(C(=O)NCC(c2ccco2)N(C)C)c1. The molecule has 1 amide bonds. The van der Waals surface area contributed by atoms with E-state index in [1.807, 2.05) is 25.1 Å². The van der Waals surface area contributed by atoms with Gasteiger partial charge in [-0.1, -0.05) is 11.6 Å². The van der Waals surface area contributed by atoms with Gasteiger partial charge in [0.1, 0.15) is 5.76 Å². The first-order valence-electron chi connectivity index (χ1n) is 8.41. The minimum absolute atomic E-state index is 0.0130. The van der Waals surface area contributed by atoms with Crippen LogP contribution in [0.15, 0.2) is 45.9 Å². The molecule has 7 nitrogen and oxygen atoms in total. The highest BCUT2D eigenvalue weighted by atomic mass is 35.5. The molecule has 1 heterocycles. The molecule has 0 spiro atoms. The number of hydrogen-bond donors (Lipinski definition) is 2. The Balaban J connectivity index is 2.19. The molecule has 27 heavy (non-hydrogen) atoms. The molecule has 1 aromatic carbocycles. The van der Waals surface area contributed by atoms with Crippen molar-refractivity contribution in [3.63, 3.8) is 0 Å². The Morgan fingerprint density at radius 2 is 1.96 bits per heavy atom. The van der Waals surface area contributed by atoms with Gasteiger partial charge < -0.3 is 9.73 Å².